The van der Waals surface area contributed by atoms with Gasteiger partial charge in [0.15, 0.2) is 0 Å². The zero-order valence-corrected chi connectivity index (χ0v) is 10.4. The van der Waals surface area contributed by atoms with E-state index < -0.39 is 0 Å². The molecular weight excluding hydrogens is 241 g/mol. The second-order valence-corrected chi connectivity index (χ2v) is 4.79. The van der Waals surface area contributed by atoms with Gasteiger partial charge in [-0.05, 0) is 36.1 Å². The standard InChI is InChI=1S/C16H14FNO/c17-13-8-5-12(6-9-13)15-10-7-11-3-1-2-4-14(11)16(15)18-19/h1-6,8-9,15,19H,7,10H2/b18-16-/t15-/m0/s1. The number of rotatable bonds is 1. The van der Waals surface area contributed by atoms with E-state index in [-0.39, 0.29) is 11.7 Å². The third-order valence-corrected chi connectivity index (χ3v) is 3.71. The molecule has 0 radical (unpaired) electrons. The van der Waals surface area contributed by atoms with Crippen molar-refractivity contribution in [3.05, 3.63) is 71.0 Å². The van der Waals surface area contributed by atoms with E-state index in [9.17, 15) is 9.60 Å². The van der Waals surface area contributed by atoms with Gasteiger partial charge in [0.05, 0.1) is 5.71 Å². The zero-order valence-electron chi connectivity index (χ0n) is 10.4. The zero-order chi connectivity index (χ0) is 13.2. The van der Waals surface area contributed by atoms with Crippen molar-refractivity contribution in [3.8, 4) is 0 Å². The lowest BCUT2D eigenvalue weighted by atomic mass is 9.78. The number of hydrogen-bond donors (Lipinski definition) is 1. The van der Waals surface area contributed by atoms with Gasteiger partial charge in [-0.25, -0.2) is 4.39 Å². The van der Waals surface area contributed by atoms with Gasteiger partial charge in [0, 0.05) is 11.5 Å². The Bertz CT molecular complexity index is 619. The highest BCUT2D eigenvalue weighted by Gasteiger charge is 2.27. The number of nitrogens with zero attached hydrogens (tertiary/aromatic N) is 1. The summed E-state index contributed by atoms with van der Waals surface area (Å²) in [7, 11) is 0. The predicted octanol–water partition coefficient (Wildman–Crippen LogP) is 3.73. The minimum absolute atomic E-state index is 0.0282. The smallest absolute Gasteiger partial charge is 0.123 e. The van der Waals surface area contributed by atoms with Gasteiger partial charge in [-0.15, -0.1) is 0 Å². The summed E-state index contributed by atoms with van der Waals surface area (Å²) in [5.74, 6) is -0.219. The van der Waals surface area contributed by atoms with Crippen molar-refractivity contribution in [1.82, 2.24) is 0 Å². The van der Waals surface area contributed by atoms with Crippen LogP contribution in [0.2, 0.25) is 0 Å². The first kappa shape index (κ1) is 11.9. The summed E-state index contributed by atoms with van der Waals surface area (Å²) in [6.07, 6.45) is 1.82. The van der Waals surface area contributed by atoms with Crippen molar-refractivity contribution in [3.63, 3.8) is 0 Å². The van der Waals surface area contributed by atoms with Crippen LogP contribution in [0.15, 0.2) is 53.7 Å². The average molecular weight is 255 g/mol. The molecule has 3 heteroatoms. The molecule has 0 saturated carbocycles. The molecule has 0 saturated heterocycles. The summed E-state index contributed by atoms with van der Waals surface area (Å²) in [6, 6.07) is 14.4. The topological polar surface area (TPSA) is 32.6 Å². The number of oxime groups is 1. The van der Waals surface area contributed by atoms with Crippen LogP contribution >= 0.6 is 0 Å². The first-order chi connectivity index (χ1) is 9.29. The van der Waals surface area contributed by atoms with E-state index in [2.05, 4.69) is 11.2 Å². The Morgan fingerprint density at radius 3 is 2.53 bits per heavy atom. The molecule has 2 aromatic carbocycles. The lowest BCUT2D eigenvalue weighted by Gasteiger charge is -2.25. The quantitative estimate of drug-likeness (QED) is 0.611. The van der Waals surface area contributed by atoms with Crippen LogP contribution in [0.25, 0.3) is 0 Å². The largest absolute Gasteiger partial charge is 0.411 e. The molecule has 19 heavy (non-hydrogen) atoms. The van der Waals surface area contributed by atoms with Gasteiger partial charge in [0.2, 0.25) is 0 Å². The second kappa shape index (κ2) is 4.84. The Balaban J connectivity index is 2.03. The van der Waals surface area contributed by atoms with Crippen LogP contribution < -0.4 is 0 Å². The lowest BCUT2D eigenvalue weighted by Crippen LogP contribution is -2.21. The van der Waals surface area contributed by atoms with E-state index in [0.717, 1.165) is 24.0 Å². The Morgan fingerprint density at radius 2 is 1.79 bits per heavy atom. The average Bonchev–Trinajstić information content (AvgIpc) is 2.47. The van der Waals surface area contributed by atoms with Gasteiger partial charge >= 0.3 is 0 Å². The summed E-state index contributed by atoms with van der Waals surface area (Å²) in [4.78, 5) is 0. The third-order valence-electron chi connectivity index (χ3n) is 3.71. The minimum Gasteiger partial charge on any atom is -0.411 e. The SMILES string of the molecule is O/N=C1/c2ccccc2CC[C@H]1c1ccc(F)cc1. The number of halogens is 1. The first-order valence-electron chi connectivity index (χ1n) is 6.35. The van der Waals surface area contributed by atoms with Gasteiger partial charge in [-0.1, -0.05) is 41.6 Å². The van der Waals surface area contributed by atoms with Gasteiger partial charge < -0.3 is 5.21 Å². The number of aryl methyl sites for hydroxylation is 1. The molecule has 3 rings (SSSR count). The minimum atomic E-state index is -0.248. The van der Waals surface area contributed by atoms with Crippen LogP contribution in [0.3, 0.4) is 0 Å². The van der Waals surface area contributed by atoms with Crippen molar-refractivity contribution < 1.29 is 9.60 Å². The molecule has 0 spiro atoms. The van der Waals surface area contributed by atoms with Crippen LogP contribution in [0.4, 0.5) is 4.39 Å². The molecule has 2 aromatic rings. The van der Waals surface area contributed by atoms with E-state index in [1.807, 2.05) is 18.2 Å². The molecular formula is C16H14FNO. The molecule has 0 bridgehead atoms. The third kappa shape index (κ3) is 2.12. The molecule has 0 fully saturated rings. The van der Waals surface area contributed by atoms with Crippen LogP contribution in [0, 0.1) is 5.82 Å². The highest BCUT2D eigenvalue weighted by molar-refractivity contribution is 6.06. The maximum Gasteiger partial charge on any atom is 0.123 e. The molecule has 0 heterocycles. The Kier molecular flexibility index (Phi) is 3.03. The van der Waals surface area contributed by atoms with Crippen LogP contribution in [0.5, 0.6) is 0 Å². The summed E-state index contributed by atoms with van der Waals surface area (Å²) in [6.45, 7) is 0. The predicted molar refractivity (Wildman–Crippen MR) is 72.2 cm³/mol. The van der Waals surface area contributed by atoms with Crippen LogP contribution in [-0.2, 0) is 6.42 Å². The molecule has 0 aromatic heterocycles. The van der Waals surface area contributed by atoms with Crippen LogP contribution in [-0.4, -0.2) is 10.9 Å². The molecule has 96 valence electrons. The second-order valence-electron chi connectivity index (χ2n) is 4.79. The van der Waals surface area contributed by atoms with Crippen molar-refractivity contribution in [2.75, 3.05) is 0 Å². The Labute approximate surface area is 111 Å². The fourth-order valence-corrected chi connectivity index (χ4v) is 2.76. The van der Waals surface area contributed by atoms with Gasteiger partial charge in [0.1, 0.15) is 5.82 Å². The first-order valence-corrected chi connectivity index (χ1v) is 6.35. The molecule has 0 aliphatic heterocycles. The number of hydrogen-bond acceptors (Lipinski definition) is 2. The summed E-state index contributed by atoms with van der Waals surface area (Å²) >= 11 is 0. The van der Waals surface area contributed by atoms with Crippen molar-refractivity contribution in [1.29, 1.82) is 0 Å². The van der Waals surface area contributed by atoms with E-state index >= 15 is 0 Å². The molecule has 2 nitrogen and oxygen atoms in total. The van der Waals surface area contributed by atoms with Crippen molar-refractivity contribution >= 4 is 5.71 Å². The van der Waals surface area contributed by atoms with Gasteiger partial charge in [-0.2, -0.15) is 0 Å². The van der Waals surface area contributed by atoms with E-state index in [0.29, 0.717) is 5.71 Å². The summed E-state index contributed by atoms with van der Waals surface area (Å²) < 4.78 is 13.0. The monoisotopic (exact) mass is 255 g/mol. The van der Waals surface area contributed by atoms with Crippen molar-refractivity contribution in [2.24, 2.45) is 5.16 Å². The fourth-order valence-electron chi connectivity index (χ4n) is 2.76. The van der Waals surface area contributed by atoms with Gasteiger partial charge in [-0.3, -0.25) is 0 Å². The Hall–Kier alpha value is -2.16. The molecule has 0 unspecified atom stereocenters. The van der Waals surface area contributed by atoms with E-state index in [4.69, 9.17) is 0 Å². The highest BCUT2D eigenvalue weighted by atomic mass is 19.1. The van der Waals surface area contributed by atoms with Crippen LogP contribution in [0.1, 0.15) is 29.0 Å². The normalized spacial score (nSPS) is 20.3. The highest BCUT2D eigenvalue weighted by Crippen LogP contribution is 2.33. The number of fused-ring (bicyclic) bond motifs is 1. The molecule has 1 aliphatic carbocycles. The number of benzene rings is 2. The molecule has 1 N–H and O–H groups in total. The maximum absolute atomic E-state index is 13.0. The lowest BCUT2D eigenvalue weighted by molar-refractivity contribution is 0.316. The van der Waals surface area contributed by atoms with Crippen molar-refractivity contribution in [2.45, 2.75) is 18.8 Å². The molecule has 1 aliphatic rings. The fraction of sp³-hybridized carbons (Fsp3) is 0.188. The van der Waals surface area contributed by atoms with E-state index in [1.165, 1.54) is 17.7 Å². The maximum atomic E-state index is 13.0. The Morgan fingerprint density at radius 1 is 1.05 bits per heavy atom. The molecule has 1 atom stereocenters. The van der Waals surface area contributed by atoms with E-state index in [1.54, 1.807) is 12.1 Å². The summed E-state index contributed by atoms with van der Waals surface area (Å²) in [5.41, 5.74) is 3.86. The van der Waals surface area contributed by atoms with Gasteiger partial charge in [0.25, 0.3) is 0 Å². The summed E-state index contributed by atoms with van der Waals surface area (Å²) in [5, 5.41) is 12.8. The molecule has 0 amide bonds.